The molecule has 2 nitrogen and oxygen atoms in total. The predicted octanol–water partition coefficient (Wildman–Crippen LogP) is 2.79. The maximum absolute atomic E-state index is 10.2. The van der Waals surface area contributed by atoms with Crippen LogP contribution >= 0.6 is 11.3 Å². The number of hydrogen-bond donors (Lipinski definition) is 1. The highest BCUT2D eigenvalue weighted by molar-refractivity contribution is 7.07. The lowest BCUT2D eigenvalue weighted by Crippen LogP contribution is -2.22. The first-order valence-corrected chi connectivity index (χ1v) is 6.23. The molecule has 2 aromatic rings. The van der Waals surface area contributed by atoms with Crippen LogP contribution in [-0.4, -0.2) is 11.2 Å². The molecule has 0 aliphatic carbocycles. The second-order valence-corrected chi connectivity index (χ2v) is 4.75. The van der Waals surface area contributed by atoms with Crippen LogP contribution in [-0.2, 0) is 6.42 Å². The lowest BCUT2D eigenvalue weighted by molar-refractivity contribution is 0.0495. The molecule has 16 heavy (non-hydrogen) atoms. The predicted molar refractivity (Wildman–Crippen MR) is 63.8 cm³/mol. The van der Waals surface area contributed by atoms with Gasteiger partial charge in [-0.3, -0.25) is 0 Å². The van der Waals surface area contributed by atoms with Gasteiger partial charge in [0, 0.05) is 6.42 Å². The van der Waals surface area contributed by atoms with E-state index in [1.54, 1.807) is 11.3 Å². The van der Waals surface area contributed by atoms with E-state index in [0.29, 0.717) is 0 Å². The third-order valence-electron chi connectivity index (χ3n) is 2.91. The standard InChI is InChI=1S/C13H12O2S/c14-13(10-5-6-16-8-10)12-7-9-3-1-2-4-11(9)15-12/h1-6,8,12-14H,7H2. The molecule has 1 aliphatic rings. The molecule has 82 valence electrons. The van der Waals surface area contributed by atoms with Crippen LogP contribution in [0.5, 0.6) is 5.75 Å². The zero-order valence-electron chi connectivity index (χ0n) is 8.67. The Hall–Kier alpha value is -1.32. The summed E-state index contributed by atoms with van der Waals surface area (Å²) < 4.78 is 5.75. The first-order chi connectivity index (χ1) is 7.84. The van der Waals surface area contributed by atoms with E-state index in [9.17, 15) is 5.11 Å². The van der Waals surface area contributed by atoms with Gasteiger partial charge in [-0.05, 0) is 34.0 Å². The Balaban J connectivity index is 1.81. The molecule has 0 radical (unpaired) electrons. The van der Waals surface area contributed by atoms with Gasteiger partial charge in [0.15, 0.2) is 0 Å². The molecule has 2 atom stereocenters. The molecule has 0 fully saturated rings. The lowest BCUT2D eigenvalue weighted by atomic mass is 10.0. The van der Waals surface area contributed by atoms with Crippen LogP contribution in [0.15, 0.2) is 41.1 Å². The minimum Gasteiger partial charge on any atom is -0.487 e. The highest BCUT2D eigenvalue weighted by Crippen LogP contribution is 2.34. The fourth-order valence-electron chi connectivity index (χ4n) is 2.04. The molecule has 1 N–H and O–H groups in total. The topological polar surface area (TPSA) is 29.5 Å². The summed E-state index contributed by atoms with van der Waals surface area (Å²) in [5.74, 6) is 0.904. The molecule has 1 aromatic heterocycles. The Labute approximate surface area is 98.1 Å². The number of aliphatic hydroxyl groups excluding tert-OH is 1. The molecule has 2 unspecified atom stereocenters. The number of aliphatic hydroxyl groups is 1. The van der Waals surface area contributed by atoms with Gasteiger partial charge < -0.3 is 9.84 Å². The van der Waals surface area contributed by atoms with Crippen molar-refractivity contribution in [1.29, 1.82) is 0 Å². The quantitative estimate of drug-likeness (QED) is 0.862. The molecular weight excluding hydrogens is 220 g/mol. The molecular formula is C13H12O2S. The van der Waals surface area contributed by atoms with E-state index in [1.165, 1.54) is 5.56 Å². The molecule has 1 aliphatic heterocycles. The molecule has 0 saturated carbocycles. The zero-order chi connectivity index (χ0) is 11.0. The van der Waals surface area contributed by atoms with Crippen molar-refractivity contribution in [3.05, 3.63) is 52.2 Å². The summed E-state index contributed by atoms with van der Waals surface area (Å²) in [5.41, 5.74) is 2.13. The lowest BCUT2D eigenvalue weighted by Gasteiger charge is -2.16. The SMILES string of the molecule is OC(c1ccsc1)C1Cc2ccccc2O1. The van der Waals surface area contributed by atoms with Crippen LogP contribution in [0.3, 0.4) is 0 Å². The van der Waals surface area contributed by atoms with Gasteiger partial charge in [-0.25, -0.2) is 0 Å². The summed E-state index contributed by atoms with van der Waals surface area (Å²) in [6.45, 7) is 0. The van der Waals surface area contributed by atoms with Crippen LogP contribution < -0.4 is 4.74 Å². The van der Waals surface area contributed by atoms with E-state index in [1.807, 2.05) is 35.0 Å². The molecule has 0 bridgehead atoms. The van der Waals surface area contributed by atoms with Crippen LogP contribution in [0.4, 0.5) is 0 Å². The number of thiophene rings is 1. The Morgan fingerprint density at radius 3 is 2.94 bits per heavy atom. The van der Waals surface area contributed by atoms with E-state index in [-0.39, 0.29) is 6.10 Å². The highest BCUT2D eigenvalue weighted by atomic mass is 32.1. The minimum absolute atomic E-state index is 0.146. The fraction of sp³-hybridized carbons (Fsp3) is 0.231. The molecule has 0 saturated heterocycles. The average Bonchev–Trinajstić information content (AvgIpc) is 2.97. The van der Waals surface area contributed by atoms with Gasteiger partial charge in [0.2, 0.25) is 0 Å². The first-order valence-electron chi connectivity index (χ1n) is 5.29. The molecule has 0 amide bonds. The van der Waals surface area contributed by atoms with Crippen molar-refractivity contribution in [2.45, 2.75) is 18.6 Å². The molecule has 2 heterocycles. The van der Waals surface area contributed by atoms with Crippen molar-refractivity contribution in [3.8, 4) is 5.75 Å². The van der Waals surface area contributed by atoms with Gasteiger partial charge in [0.1, 0.15) is 18.0 Å². The second kappa shape index (κ2) is 3.92. The summed E-state index contributed by atoms with van der Waals surface area (Å²) in [4.78, 5) is 0. The van der Waals surface area contributed by atoms with E-state index < -0.39 is 6.10 Å². The molecule has 0 spiro atoms. The molecule has 1 aromatic carbocycles. The summed E-state index contributed by atoms with van der Waals surface area (Å²) in [5, 5.41) is 14.1. The number of benzene rings is 1. The van der Waals surface area contributed by atoms with Gasteiger partial charge in [0.25, 0.3) is 0 Å². The summed E-state index contributed by atoms with van der Waals surface area (Å²) in [7, 11) is 0. The number of ether oxygens (including phenoxy) is 1. The van der Waals surface area contributed by atoms with Crippen molar-refractivity contribution in [2.24, 2.45) is 0 Å². The number of rotatable bonds is 2. The van der Waals surface area contributed by atoms with Gasteiger partial charge >= 0.3 is 0 Å². The van der Waals surface area contributed by atoms with Crippen LogP contribution in [0.25, 0.3) is 0 Å². The third kappa shape index (κ3) is 1.62. The zero-order valence-corrected chi connectivity index (χ0v) is 9.48. The first kappa shape index (κ1) is 9.87. The van der Waals surface area contributed by atoms with Crippen molar-refractivity contribution in [3.63, 3.8) is 0 Å². The summed E-state index contributed by atoms with van der Waals surface area (Å²) >= 11 is 1.60. The largest absolute Gasteiger partial charge is 0.487 e. The second-order valence-electron chi connectivity index (χ2n) is 3.97. The van der Waals surface area contributed by atoms with Gasteiger partial charge in [-0.1, -0.05) is 18.2 Å². The normalized spacial score (nSPS) is 20.2. The highest BCUT2D eigenvalue weighted by Gasteiger charge is 2.29. The van der Waals surface area contributed by atoms with Crippen molar-refractivity contribution < 1.29 is 9.84 Å². The third-order valence-corrected chi connectivity index (χ3v) is 3.61. The van der Waals surface area contributed by atoms with E-state index in [0.717, 1.165) is 17.7 Å². The maximum Gasteiger partial charge on any atom is 0.133 e. The smallest absolute Gasteiger partial charge is 0.133 e. The number of para-hydroxylation sites is 1. The van der Waals surface area contributed by atoms with Gasteiger partial charge in [-0.2, -0.15) is 11.3 Å². The maximum atomic E-state index is 10.2. The van der Waals surface area contributed by atoms with Crippen molar-refractivity contribution in [1.82, 2.24) is 0 Å². The van der Waals surface area contributed by atoms with E-state index >= 15 is 0 Å². The minimum atomic E-state index is -0.529. The average molecular weight is 232 g/mol. The molecule has 3 heteroatoms. The monoisotopic (exact) mass is 232 g/mol. The number of fused-ring (bicyclic) bond motifs is 1. The Kier molecular flexibility index (Phi) is 2.42. The number of hydrogen-bond acceptors (Lipinski definition) is 3. The van der Waals surface area contributed by atoms with E-state index in [4.69, 9.17) is 4.74 Å². The van der Waals surface area contributed by atoms with Crippen LogP contribution in [0.2, 0.25) is 0 Å². The Bertz CT molecular complexity index is 453. The van der Waals surface area contributed by atoms with Gasteiger partial charge in [-0.15, -0.1) is 0 Å². The van der Waals surface area contributed by atoms with Crippen molar-refractivity contribution >= 4 is 11.3 Å². The Morgan fingerprint density at radius 2 is 2.19 bits per heavy atom. The van der Waals surface area contributed by atoms with Crippen LogP contribution in [0, 0.1) is 0 Å². The van der Waals surface area contributed by atoms with Crippen molar-refractivity contribution in [2.75, 3.05) is 0 Å². The molecule has 3 rings (SSSR count). The van der Waals surface area contributed by atoms with Crippen LogP contribution in [0.1, 0.15) is 17.2 Å². The Morgan fingerprint density at radius 1 is 1.31 bits per heavy atom. The summed E-state index contributed by atoms with van der Waals surface area (Å²) in [6.07, 6.45) is 0.110. The van der Waals surface area contributed by atoms with Gasteiger partial charge in [0.05, 0.1) is 0 Å². The summed E-state index contributed by atoms with van der Waals surface area (Å²) in [6, 6.07) is 9.91. The fourth-order valence-corrected chi connectivity index (χ4v) is 2.73. The van der Waals surface area contributed by atoms with E-state index in [2.05, 4.69) is 6.07 Å².